The quantitative estimate of drug-likeness (QED) is 0.837. The predicted molar refractivity (Wildman–Crippen MR) is 88.7 cm³/mol. The Morgan fingerprint density at radius 1 is 1.27 bits per heavy atom. The van der Waals surface area contributed by atoms with Crippen molar-refractivity contribution >= 4 is 40.8 Å². The number of pyridine rings is 1. The molecular formula is C15H15Cl2N3O2. The minimum absolute atomic E-state index is 0.319. The van der Waals surface area contributed by atoms with E-state index in [1.807, 2.05) is 0 Å². The third kappa shape index (κ3) is 4.79. The molecule has 0 aliphatic rings. The highest BCUT2D eigenvalue weighted by molar-refractivity contribution is 6.33. The zero-order chi connectivity index (χ0) is 15.9. The van der Waals surface area contributed by atoms with E-state index in [9.17, 15) is 4.79 Å². The number of hydrogen-bond acceptors (Lipinski definition) is 4. The number of ether oxygens (including phenoxy) is 1. The molecule has 2 aromatic rings. The predicted octanol–water partition coefficient (Wildman–Crippen LogP) is 4.57. The van der Waals surface area contributed by atoms with Gasteiger partial charge < -0.3 is 10.1 Å². The van der Waals surface area contributed by atoms with Gasteiger partial charge in [0.15, 0.2) is 0 Å². The monoisotopic (exact) mass is 339 g/mol. The van der Waals surface area contributed by atoms with Gasteiger partial charge in [0.05, 0.1) is 18.5 Å². The molecule has 1 heterocycles. The van der Waals surface area contributed by atoms with Crippen LogP contribution in [0.3, 0.4) is 0 Å². The minimum atomic E-state index is -0.504. The second kappa shape index (κ2) is 7.87. The summed E-state index contributed by atoms with van der Waals surface area (Å²) in [6.07, 6.45) is 1.04. The fourth-order valence-corrected chi connectivity index (χ4v) is 2.10. The molecule has 0 unspecified atom stereocenters. The van der Waals surface area contributed by atoms with Crippen molar-refractivity contribution in [2.45, 2.75) is 13.5 Å². The molecule has 116 valence electrons. The van der Waals surface area contributed by atoms with E-state index in [2.05, 4.69) is 15.6 Å². The van der Waals surface area contributed by atoms with Gasteiger partial charge in [-0.1, -0.05) is 23.2 Å². The van der Waals surface area contributed by atoms with Crippen LogP contribution in [0.4, 0.5) is 16.3 Å². The molecule has 0 spiro atoms. The van der Waals surface area contributed by atoms with Crippen molar-refractivity contribution in [2.75, 3.05) is 17.2 Å². The normalized spacial score (nSPS) is 10.1. The Hall–Kier alpha value is -1.98. The topological polar surface area (TPSA) is 63.2 Å². The highest BCUT2D eigenvalue weighted by Crippen LogP contribution is 2.21. The summed E-state index contributed by atoms with van der Waals surface area (Å²) in [5.74, 6) is 0.658. The molecule has 1 aromatic carbocycles. The average Bonchev–Trinajstić information content (AvgIpc) is 2.50. The Balaban J connectivity index is 1.94. The first-order valence-electron chi connectivity index (χ1n) is 6.66. The lowest BCUT2D eigenvalue weighted by atomic mass is 10.2. The van der Waals surface area contributed by atoms with Gasteiger partial charge in [-0.2, -0.15) is 0 Å². The molecule has 5 nitrogen and oxygen atoms in total. The number of nitrogens with one attached hydrogen (secondary N) is 2. The smallest absolute Gasteiger partial charge is 0.411 e. The molecule has 0 fully saturated rings. The Kier molecular flexibility index (Phi) is 5.86. The van der Waals surface area contributed by atoms with E-state index in [0.717, 1.165) is 5.56 Å². The first-order chi connectivity index (χ1) is 10.6. The van der Waals surface area contributed by atoms with Crippen LogP contribution in [0.5, 0.6) is 0 Å². The van der Waals surface area contributed by atoms with E-state index in [-0.39, 0.29) is 0 Å². The number of halogens is 2. The number of nitrogens with zero attached hydrogens (tertiary/aromatic N) is 1. The number of amides is 1. The highest BCUT2D eigenvalue weighted by atomic mass is 35.5. The molecular weight excluding hydrogens is 325 g/mol. The van der Waals surface area contributed by atoms with E-state index >= 15 is 0 Å². The molecule has 0 saturated carbocycles. The summed E-state index contributed by atoms with van der Waals surface area (Å²) in [6.45, 7) is 2.56. The Morgan fingerprint density at radius 2 is 2.09 bits per heavy atom. The van der Waals surface area contributed by atoms with Crippen LogP contribution in [0.25, 0.3) is 0 Å². The Bertz CT molecular complexity index is 648. The van der Waals surface area contributed by atoms with Gasteiger partial charge in [0.1, 0.15) is 5.82 Å². The maximum Gasteiger partial charge on any atom is 0.411 e. The number of benzene rings is 1. The Morgan fingerprint density at radius 3 is 2.77 bits per heavy atom. The first kappa shape index (κ1) is 16.4. The van der Waals surface area contributed by atoms with Crippen molar-refractivity contribution in [3.63, 3.8) is 0 Å². The van der Waals surface area contributed by atoms with Crippen LogP contribution in [0, 0.1) is 0 Å². The van der Waals surface area contributed by atoms with Crippen molar-refractivity contribution < 1.29 is 9.53 Å². The summed E-state index contributed by atoms with van der Waals surface area (Å²) in [4.78, 5) is 15.5. The summed E-state index contributed by atoms with van der Waals surface area (Å²) >= 11 is 12.0. The summed E-state index contributed by atoms with van der Waals surface area (Å²) < 4.78 is 4.79. The zero-order valence-corrected chi connectivity index (χ0v) is 13.4. The number of aromatic nitrogens is 1. The van der Waals surface area contributed by atoms with Crippen LogP contribution >= 0.6 is 23.2 Å². The second-order valence-electron chi connectivity index (χ2n) is 4.37. The molecule has 2 rings (SSSR count). The number of carbonyl (C=O) groups is 1. The zero-order valence-electron chi connectivity index (χ0n) is 11.9. The van der Waals surface area contributed by atoms with Crippen molar-refractivity contribution in [1.82, 2.24) is 4.98 Å². The molecule has 0 aliphatic carbocycles. The van der Waals surface area contributed by atoms with Crippen molar-refractivity contribution in [1.29, 1.82) is 0 Å². The van der Waals surface area contributed by atoms with E-state index in [1.165, 1.54) is 0 Å². The number of rotatable bonds is 5. The van der Waals surface area contributed by atoms with Gasteiger partial charge >= 0.3 is 6.09 Å². The van der Waals surface area contributed by atoms with E-state index in [0.29, 0.717) is 34.7 Å². The van der Waals surface area contributed by atoms with Crippen LogP contribution in [-0.4, -0.2) is 17.7 Å². The third-order valence-electron chi connectivity index (χ3n) is 2.75. The molecule has 1 aromatic heterocycles. The molecule has 0 bridgehead atoms. The molecule has 0 radical (unpaired) electrons. The fraction of sp³-hybridized carbons (Fsp3) is 0.200. The van der Waals surface area contributed by atoms with Gasteiger partial charge in [0.25, 0.3) is 0 Å². The summed E-state index contributed by atoms with van der Waals surface area (Å²) in [5.41, 5.74) is 1.44. The van der Waals surface area contributed by atoms with Crippen LogP contribution in [0.1, 0.15) is 12.5 Å². The van der Waals surface area contributed by atoms with Crippen LogP contribution < -0.4 is 10.6 Å². The first-order valence-corrected chi connectivity index (χ1v) is 7.41. The largest absolute Gasteiger partial charge is 0.450 e. The lowest BCUT2D eigenvalue weighted by Crippen LogP contribution is -2.13. The van der Waals surface area contributed by atoms with Crippen LogP contribution in [0.2, 0.25) is 10.0 Å². The van der Waals surface area contributed by atoms with Crippen LogP contribution in [-0.2, 0) is 11.3 Å². The van der Waals surface area contributed by atoms with E-state index < -0.39 is 6.09 Å². The van der Waals surface area contributed by atoms with Crippen molar-refractivity contribution in [2.24, 2.45) is 0 Å². The molecule has 0 saturated heterocycles. The molecule has 22 heavy (non-hydrogen) atoms. The second-order valence-corrected chi connectivity index (χ2v) is 5.21. The third-order valence-corrected chi connectivity index (χ3v) is 3.36. The summed E-state index contributed by atoms with van der Waals surface area (Å²) in [6, 6.07) is 8.77. The van der Waals surface area contributed by atoms with Gasteiger partial charge in [-0.05, 0) is 42.8 Å². The fourth-order valence-electron chi connectivity index (χ4n) is 1.72. The number of anilines is 2. The maximum absolute atomic E-state index is 11.3. The SMILES string of the molecule is CCOC(=O)Nc1ccc(NCc2cc(Cl)ccc2Cl)nc1. The molecule has 2 N–H and O–H groups in total. The lowest BCUT2D eigenvalue weighted by Gasteiger charge is -2.09. The van der Waals surface area contributed by atoms with Gasteiger partial charge in [-0.25, -0.2) is 9.78 Å². The minimum Gasteiger partial charge on any atom is -0.450 e. The standard InChI is InChI=1S/C15H15Cl2N3O2/c1-2-22-15(21)20-12-4-6-14(19-9-12)18-8-10-7-11(16)3-5-13(10)17/h3-7,9H,2,8H2,1H3,(H,18,19)(H,20,21). The maximum atomic E-state index is 11.3. The number of carbonyl (C=O) groups excluding carboxylic acids is 1. The van der Waals surface area contributed by atoms with Crippen LogP contribution in [0.15, 0.2) is 36.5 Å². The summed E-state index contributed by atoms with van der Waals surface area (Å²) in [5, 5.41) is 6.97. The van der Waals surface area contributed by atoms with Gasteiger partial charge in [0.2, 0.25) is 0 Å². The van der Waals surface area contributed by atoms with E-state index in [1.54, 1.807) is 43.5 Å². The highest BCUT2D eigenvalue weighted by Gasteiger charge is 2.04. The molecule has 0 aliphatic heterocycles. The van der Waals surface area contributed by atoms with Gasteiger partial charge in [0, 0.05) is 16.6 Å². The molecule has 0 atom stereocenters. The van der Waals surface area contributed by atoms with Crippen molar-refractivity contribution in [3.05, 3.63) is 52.1 Å². The Labute approximate surface area is 138 Å². The summed E-state index contributed by atoms with van der Waals surface area (Å²) in [7, 11) is 0. The van der Waals surface area contributed by atoms with Gasteiger partial charge in [-0.15, -0.1) is 0 Å². The molecule has 7 heteroatoms. The lowest BCUT2D eigenvalue weighted by molar-refractivity contribution is 0.168. The van der Waals surface area contributed by atoms with E-state index in [4.69, 9.17) is 27.9 Å². The van der Waals surface area contributed by atoms with Crippen molar-refractivity contribution in [3.8, 4) is 0 Å². The number of hydrogen-bond donors (Lipinski definition) is 2. The average molecular weight is 340 g/mol. The molecule has 1 amide bonds. The van der Waals surface area contributed by atoms with Gasteiger partial charge in [-0.3, -0.25) is 5.32 Å².